The van der Waals surface area contributed by atoms with Gasteiger partial charge >= 0.3 is 0 Å². The zero-order chi connectivity index (χ0) is 10.9. The maximum absolute atomic E-state index is 9.75. The molecule has 4 heteroatoms. The number of aliphatic hydroxyl groups is 1. The maximum Gasteiger partial charge on any atom is 0.123 e. The molecule has 78 valence electrons. The molecule has 0 radical (unpaired) electrons. The number of benzene rings is 1. The van der Waals surface area contributed by atoms with Crippen LogP contribution in [0.15, 0.2) is 6.07 Å². The third kappa shape index (κ3) is 1.85. The number of nitrogens with two attached hydrogens (primary N) is 1. The second-order valence-corrected chi connectivity index (χ2v) is 3.76. The van der Waals surface area contributed by atoms with E-state index in [2.05, 4.69) is 0 Å². The predicted octanol–water partition coefficient (Wildman–Crippen LogP) is 1.65. The summed E-state index contributed by atoms with van der Waals surface area (Å²) in [6.45, 7) is 3.30. The summed E-state index contributed by atoms with van der Waals surface area (Å²) in [6.07, 6.45) is 0. The van der Waals surface area contributed by atoms with E-state index in [0.717, 1.165) is 5.56 Å². The van der Waals surface area contributed by atoms with Crippen LogP contribution in [0.5, 0.6) is 5.75 Å². The molecule has 0 saturated carbocycles. The summed E-state index contributed by atoms with van der Waals surface area (Å²) in [6, 6.07) is 1.09. The Kier molecular flexibility index (Phi) is 3.37. The van der Waals surface area contributed by atoms with Crippen molar-refractivity contribution in [2.24, 2.45) is 5.73 Å². The molecule has 0 amide bonds. The average Bonchev–Trinajstić information content (AvgIpc) is 2.15. The fourth-order valence-electron chi connectivity index (χ4n) is 1.43. The van der Waals surface area contributed by atoms with E-state index in [1.807, 2.05) is 0 Å². The van der Waals surface area contributed by atoms with Gasteiger partial charge in [0.05, 0.1) is 12.6 Å². The van der Waals surface area contributed by atoms with Crippen LogP contribution in [-0.2, 0) is 0 Å². The summed E-state index contributed by atoms with van der Waals surface area (Å²) in [4.78, 5) is 0. The van der Waals surface area contributed by atoms with Crippen LogP contribution in [0.3, 0.4) is 0 Å². The van der Waals surface area contributed by atoms with Crippen molar-refractivity contribution in [3.8, 4) is 5.75 Å². The van der Waals surface area contributed by atoms with Crippen LogP contribution >= 0.6 is 11.6 Å². The number of aryl methyl sites for hydroxylation is 1. The third-order valence-electron chi connectivity index (χ3n) is 2.30. The van der Waals surface area contributed by atoms with E-state index in [9.17, 15) is 5.11 Å². The molecule has 0 bridgehead atoms. The average molecular weight is 216 g/mol. The van der Waals surface area contributed by atoms with Crippen molar-refractivity contribution in [2.75, 3.05) is 6.61 Å². The number of halogens is 1. The number of phenolic OH excluding ortho intramolecular Hbond substituents is 1. The highest BCUT2D eigenvalue weighted by molar-refractivity contribution is 6.31. The van der Waals surface area contributed by atoms with Crippen molar-refractivity contribution in [1.82, 2.24) is 0 Å². The first-order chi connectivity index (χ1) is 6.49. The van der Waals surface area contributed by atoms with E-state index >= 15 is 0 Å². The fraction of sp³-hybridized carbons (Fsp3) is 0.400. The first kappa shape index (κ1) is 11.3. The molecule has 0 fully saturated rings. The number of hydrogen-bond donors (Lipinski definition) is 3. The van der Waals surface area contributed by atoms with E-state index in [0.29, 0.717) is 16.1 Å². The topological polar surface area (TPSA) is 66.5 Å². The fourth-order valence-corrected chi connectivity index (χ4v) is 1.70. The van der Waals surface area contributed by atoms with Crippen LogP contribution < -0.4 is 5.73 Å². The molecule has 0 saturated heterocycles. The van der Waals surface area contributed by atoms with Crippen LogP contribution in [0.4, 0.5) is 0 Å². The highest BCUT2D eigenvalue weighted by Crippen LogP contribution is 2.34. The van der Waals surface area contributed by atoms with Crippen LogP contribution in [0.1, 0.15) is 22.7 Å². The molecular formula is C10H14ClNO2. The quantitative estimate of drug-likeness (QED) is 0.703. The van der Waals surface area contributed by atoms with Crippen molar-refractivity contribution in [3.05, 3.63) is 27.8 Å². The predicted molar refractivity (Wildman–Crippen MR) is 56.6 cm³/mol. The summed E-state index contributed by atoms with van der Waals surface area (Å²) in [5.41, 5.74) is 7.58. The lowest BCUT2D eigenvalue weighted by Gasteiger charge is -2.16. The van der Waals surface area contributed by atoms with Gasteiger partial charge in [-0.3, -0.25) is 0 Å². The van der Waals surface area contributed by atoms with Crippen molar-refractivity contribution >= 4 is 11.6 Å². The molecular weight excluding hydrogens is 202 g/mol. The molecule has 0 aliphatic carbocycles. The highest BCUT2D eigenvalue weighted by Gasteiger charge is 2.17. The van der Waals surface area contributed by atoms with Crippen molar-refractivity contribution in [3.63, 3.8) is 0 Å². The van der Waals surface area contributed by atoms with Crippen LogP contribution in [-0.4, -0.2) is 16.8 Å². The normalized spacial score (nSPS) is 12.9. The molecule has 4 N–H and O–H groups in total. The maximum atomic E-state index is 9.75. The lowest BCUT2D eigenvalue weighted by molar-refractivity contribution is 0.264. The molecule has 14 heavy (non-hydrogen) atoms. The minimum atomic E-state index is -0.590. The largest absolute Gasteiger partial charge is 0.507 e. The van der Waals surface area contributed by atoms with E-state index in [1.165, 1.54) is 0 Å². The van der Waals surface area contributed by atoms with Crippen molar-refractivity contribution in [1.29, 1.82) is 0 Å². The Labute approximate surface area is 88.1 Å². The number of aliphatic hydroxyl groups excluding tert-OH is 1. The lowest BCUT2D eigenvalue weighted by atomic mass is 9.98. The molecule has 0 aliphatic heterocycles. The standard InChI is InChI=1S/C10H14ClNO2/c1-5-3-7(11)6(2)9(10(5)14)8(12)4-13/h3,8,13-14H,4,12H2,1-2H3. The van der Waals surface area contributed by atoms with E-state index in [-0.39, 0.29) is 12.4 Å². The Morgan fingerprint density at radius 2 is 2.07 bits per heavy atom. The van der Waals surface area contributed by atoms with Crippen molar-refractivity contribution < 1.29 is 10.2 Å². The lowest BCUT2D eigenvalue weighted by Crippen LogP contribution is -2.16. The second kappa shape index (κ2) is 4.17. The van der Waals surface area contributed by atoms with Gasteiger partial charge in [0.1, 0.15) is 5.75 Å². The van der Waals surface area contributed by atoms with Crippen molar-refractivity contribution in [2.45, 2.75) is 19.9 Å². The zero-order valence-corrected chi connectivity index (χ0v) is 8.97. The zero-order valence-electron chi connectivity index (χ0n) is 8.21. The first-order valence-corrected chi connectivity index (χ1v) is 4.71. The Balaban J connectivity index is 3.39. The van der Waals surface area contributed by atoms with Gasteiger partial charge in [0, 0.05) is 10.6 Å². The number of hydrogen-bond acceptors (Lipinski definition) is 3. The van der Waals surface area contributed by atoms with E-state index in [1.54, 1.807) is 19.9 Å². The third-order valence-corrected chi connectivity index (χ3v) is 2.69. The molecule has 1 atom stereocenters. The monoisotopic (exact) mass is 215 g/mol. The summed E-state index contributed by atoms with van der Waals surface area (Å²) in [5, 5.41) is 19.2. The molecule has 1 aromatic carbocycles. The molecule has 1 rings (SSSR count). The van der Waals surface area contributed by atoms with E-state index < -0.39 is 6.04 Å². The minimum absolute atomic E-state index is 0.119. The van der Waals surface area contributed by atoms with Gasteiger partial charge < -0.3 is 15.9 Å². The van der Waals surface area contributed by atoms with Crippen LogP contribution in [0.2, 0.25) is 5.02 Å². The van der Waals surface area contributed by atoms with Gasteiger partial charge in [-0.1, -0.05) is 11.6 Å². The summed E-state index contributed by atoms with van der Waals surface area (Å²) >= 11 is 5.94. The van der Waals surface area contributed by atoms with Gasteiger partial charge in [-0.2, -0.15) is 0 Å². The second-order valence-electron chi connectivity index (χ2n) is 3.35. The number of rotatable bonds is 2. The van der Waals surface area contributed by atoms with Crippen LogP contribution in [0.25, 0.3) is 0 Å². The smallest absolute Gasteiger partial charge is 0.123 e. The molecule has 1 aromatic rings. The summed E-state index contributed by atoms with van der Waals surface area (Å²) < 4.78 is 0. The Morgan fingerprint density at radius 1 is 1.50 bits per heavy atom. The van der Waals surface area contributed by atoms with Gasteiger partial charge in [0.25, 0.3) is 0 Å². The van der Waals surface area contributed by atoms with Gasteiger partial charge in [0.15, 0.2) is 0 Å². The van der Waals surface area contributed by atoms with Gasteiger partial charge in [-0.05, 0) is 31.0 Å². The SMILES string of the molecule is Cc1cc(Cl)c(C)c(C(N)CO)c1O. The van der Waals surface area contributed by atoms with Gasteiger partial charge in [-0.15, -0.1) is 0 Å². The van der Waals surface area contributed by atoms with E-state index in [4.69, 9.17) is 22.4 Å². The Morgan fingerprint density at radius 3 is 2.57 bits per heavy atom. The van der Waals surface area contributed by atoms with Gasteiger partial charge in [-0.25, -0.2) is 0 Å². The Bertz CT molecular complexity index is 326. The molecule has 0 spiro atoms. The number of aromatic hydroxyl groups is 1. The first-order valence-electron chi connectivity index (χ1n) is 4.34. The van der Waals surface area contributed by atoms with Crippen LogP contribution in [0, 0.1) is 13.8 Å². The summed E-state index contributed by atoms with van der Waals surface area (Å²) in [7, 11) is 0. The molecule has 1 unspecified atom stereocenters. The van der Waals surface area contributed by atoms with Gasteiger partial charge in [0.2, 0.25) is 0 Å². The molecule has 0 aromatic heterocycles. The highest BCUT2D eigenvalue weighted by atomic mass is 35.5. The minimum Gasteiger partial charge on any atom is -0.507 e. The molecule has 0 heterocycles. The number of phenols is 1. The molecule has 0 aliphatic rings. The molecule has 3 nitrogen and oxygen atoms in total. The summed E-state index contributed by atoms with van der Waals surface area (Å²) in [5.74, 6) is 0.119. The Hall–Kier alpha value is -0.770.